The van der Waals surface area contributed by atoms with E-state index < -0.39 is 0 Å². The lowest BCUT2D eigenvalue weighted by atomic mass is 9.80. The molecule has 2 fully saturated rings. The Hall–Kier alpha value is -2.21. The van der Waals surface area contributed by atoms with Gasteiger partial charge in [0, 0.05) is 36.6 Å². The SMILES string of the molecule is CC1(C)CN(C(=O)c2ccnc(-n3cccn3)c2)[C@H]2COC[C@H]21. The highest BCUT2D eigenvalue weighted by atomic mass is 16.5. The van der Waals surface area contributed by atoms with Crippen molar-refractivity contribution in [3.8, 4) is 5.82 Å². The van der Waals surface area contributed by atoms with Gasteiger partial charge < -0.3 is 9.64 Å². The largest absolute Gasteiger partial charge is 0.379 e. The fourth-order valence-electron chi connectivity index (χ4n) is 3.74. The topological polar surface area (TPSA) is 60.2 Å². The maximum Gasteiger partial charge on any atom is 0.254 e. The molecule has 0 bridgehead atoms. The highest BCUT2D eigenvalue weighted by Gasteiger charge is 2.51. The van der Waals surface area contributed by atoms with Gasteiger partial charge in [0.05, 0.1) is 19.3 Å². The van der Waals surface area contributed by atoms with E-state index in [1.165, 1.54) is 0 Å². The van der Waals surface area contributed by atoms with Crippen molar-refractivity contribution >= 4 is 5.91 Å². The second kappa shape index (κ2) is 5.16. The van der Waals surface area contributed by atoms with Crippen LogP contribution in [0.1, 0.15) is 24.2 Å². The van der Waals surface area contributed by atoms with Gasteiger partial charge in [-0.05, 0) is 23.6 Å². The van der Waals surface area contributed by atoms with E-state index in [-0.39, 0.29) is 17.4 Å². The summed E-state index contributed by atoms with van der Waals surface area (Å²) < 4.78 is 7.28. The third-order valence-corrected chi connectivity index (χ3v) is 5.02. The molecule has 4 rings (SSSR count). The molecule has 2 aliphatic heterocycles. The smallest absolute Gasteiger partial charge is 0.254 e. The minimum Gasteiger partial charge on any atom is -0.379 e. The first-order chi connectivity index (χ1) is 11.1. The molecule has 2 aliphatic rings. The van der Waals surface area contributed by atoms with Crippen molar-refractivity contribution in [2.75, 3.05) is 19.8 Å². The number of aromatic nitrogens is 3. The van der Waals surface area contributed by atoms with E-state index in [0.29, 0.717) is 23.9 Å². The van der Waals surface area contributed by atoms with E-state index in [1.54, 1.807) is 29.2 Å². The third kappa shape index (κ3) is 2.34. The number of rotatable bonds is 2. The van der Waals surface area contributed by atoms with E-state index in [9.17, 15) is 4.79 Å². The van der Waals surface area contributed by atoms with Crippen LogP contribution in [0, 0.1) is 11.3 Å². The predicted octanol–water partition coefficient (Wildman–Crippen LogP) is 1.76. The molecule has 1 amide bonds. The number of hydrogen-bond acceptors (Lipinski definition) is 4. The van der Waals surface area contributed by atoms with Gasteiger partial charge in [-0.1, -0.05) is 13.8 Å². The van der Waals surface area contributed by atoms with Crippen molar-refractivity contribution in [2.24, 2.45) is 11.3 Å². The van der Waals surface area contributed by atoms with Crippen molar-refractivity contribution in [3.63, 3.8) is 0 Å². The first-order valence-corrected chi connectivity index (χ1v) is 7.91. The number of carbonyl (C=O) groups is 1. The Morgan fingerprint density at radius 1 is 1.35 bits per heavy atom. The Balaban J connectivity index is 1.64. The Bertz CT molecular complexity index is 726. The zero-order chi connectivity index (χ0) is 16.0. The van der Waals surface area contributed by atoms with Gasteiger partial charge in [-0.15, -0.1) is 0 Å². The summed E-state index contributed by atoms with van der Waals surface area (Å²) in [5, 5.41) is 4.17. The molecule has 6 nitrogen and oxygen atoms in total. The zero-order valence-electron chi connectivity index (χ0n) is 13.3. The highest BCUT2D eigenvalue weighted by molar-refractivity contribution is 5.95. The number of hydrogen-bond donors (Lipinski definition) is 0. The molecule has 2 aromatic heterocycles. The van der Waals surface area contributed by atoms with Crippen molar-refractivity contribution < 1.29 is 9.53 Å². The van der Waals surface area contributed by atoms with Crippen LogP contribution in [0.3, 0.4) is 0 Å². The molecule has 0 aromatic carbocycles. The fourth-order valence-corrected chi connectivity index (χ4v) is 3.74. The van der Waals surface area contributed by atoms with Crippen LogP contribution in [0.25, 0.3) is 5.82 Å². The van der Waals surface area contributed by atoms with Gasteiger partial charge in [0.15, 0.2) is 5.82 Å². The van der Waals surface area contributed by atoms with E-state index >= 15 is 0 Å². The fraction of sp³-hybridized carbons (Fsp3) is 0.471. The molecule has 0 unspecified atom stereocenters. The van der Waals surface area contributed by atoms with Gasteiger partial charge in [0.1, 0.15) is 0 Å². The standard InChI is InChI=1S/C17H20N4O2/c1-17(2)11-20(14-10-23-9-13(14)17)16(22)12-4-6-18-15(8-12)21-7-3-5-19-21/h3-8,13-14H,9-11H2,1-2H3/t13-,14+/m1/s1. The second-order valence-electron chi connectivity index (χ2n) is 6.99. The number of amides is 1. The van der Waals surface area contributed by atoms with Gasteiger partial charge in [-0.3, -0.25) is 4.79 Å². The molecular formula is C17H20N4O2. The first kappa shape index (κ1) is 14.4. The molecule has 2 atom stereocenters. The summed E-state index contributed by atoms with van der Waals surface area (Å²) in [6.45, 7) is 6.58. The van der Waals surface area contributed by atoms with Crippen LogP contribution in [-0.4, -0.2) is 51.4 Å². The molecule has 4 heterocycles. The summed E-state index contributed by atoms with van der Waals surface area (Å²) in [5.74, 6) is 1.12. The quantitative estimate of drug-likeness (QED) is 0.848. The Morgan fingerprint density at radius 2 is 2.22 bits per heavy atom. The van der Waals surface area contributed by atoms with Gasteiger partial charge in [-0.2, -0.15) is 5.10 Å². The van der Waals surface area contributed by atoms with Crippen molar-refractivity contribution in [1.82, 2.24) is 19.7 Å². The van der Waals surface area contributed by atoms with E-state index in [4.69, 9.17) is 4.74 Å². The Kier molecular flexibility index (Phi) is 3.23. The minimum atomic E-state index is 0.0480. The second-order valence-corrected chi connectivity index (χ2v) is 6.99. The maximum atomic E-state index is 13.0. The molecule has 0 saturated carbocycles. The number of fused-ring (bicyclic) bond motifs is 1. The predicted molar refractivity (Wildman–Crippen MR) is 84.3 cm³/mol. The van der Waals surface area contributed by atoms with E-state index in [0.717, 1.165) is 13.2 Å². The lowest BCUT2D eigenvalue weighted by Gasteiger charge is -2.24. The normalized spacial score (nSPS) is 25.6. The molecule has 23 heavy (non-hydrogen) atoms. The number of carbonyl (C=O) groups excluding carboxylic acids is 1. The number of pyridine rings is 1. The van der Waals surface area contributed by atoms with Crippen LogP contribution in [0.5, 0.6) is 0 Å². The van der Waals surface area contributed by atoms with Crippen LogP contribution in [-0.2, 0) is 4.74 Å². The van der Waals surface area contributed by atoms with Crippen molar-refractivity contribution in [3.05, 3.63) is 42.4 Å². The van der Waals surface area contributed by atoms with Gasteiger partial charge in [0.25, 0.3) is 5.91 Å². The molecule has 2 aromatic rings. The number of ether oxygens (including phenoxy) is 1. The van der Waals surface area contributed by atoms with Crippen LogP contribution in [0.4, 0.5) is 0 Å². The molecule has 120 valence electrons. The zero-order valence-corrected chi connectivity index (χ0v) is 13.3. The van der Waals surface area contributed by atoms with Gasteiger partial charge in [0.2, 0.25) is 0 Å². The Morgan fingerprint density at radius 3 is 3.00 bits per heavy atom. The summed E-state index contributed by atoms with van der Waals surface area (Å²) in [7, 11) is 0. The van der Waals surface area contributed by atoms with Crippen LogP contribution in [0.2, 0.25) is 0 Å². The number of likely N-dealkylation sites (tertiary alicyclic amines) is 1. The average Bonchev–Trinajstić information content (AvgIpc) is 3.25. The molecule has 0 radical (unpaired) electrons. The average molecular weight is 312 g/mol. The molecular weight excluding hydrogens is 292 g/mol. The summed E-state index contributed by atoms with van der Waals surface area (Å²) in [6.07, 6.45) is 5.17. The summed E-state index contributed by atoms with van der Waals surface area (Å²) in [4.78, 5) is 19.3. The van der Waals surface area contributed by atoms with Crippen LogP contribution < -0.4 is 0 Å². The van der Waals surface area contributed by atoms with Gasteiger partial charge in [-0.25, -0.2) is 9.67 Å². The molecule has 0 aliphatic carbocycles. The van der Waals surface area contributed by atoms with E-state index in [2.05, 4.69) is 23.9 Å². The molecule has 6 heteroatoms. The lowest BCUT2D eigenvalue weighted by Crippen LogP contribution is -2.38. The van der Waals surface area contributed by atoms with E-state index in [1.807, 2.05) is 17.2 Å². The molecule has 2 saturated heterocycles. The lowest BCUT2D eigenvalue weighted by molar-refractivity contribution is 0.0665. The first-order valence-electron chi connectivity index (χ1n) is 7.91. The highest BCUT2D eigenvalue weighted by Crippen LogP contribution is 2.43. The summed E-state index contributed by atoms with van der Waals surface area (Å²) in [6, 6.07) is 5.58. The Labute approximate surface area is 135 Å². The van der Waals surface area contributed by atoms with Gasteiger partial charge >= 0.3 is 0 Å². The molecule has 0 N–H and O–H groups in total. The van der Waals surface area contributed by atoms with Crippen LogP contribution >= 0.6 is 0 Å². The third-order valence-electron chi connectivity index (χ3n) is 5.02. The minimum absolute atomic E-state index is 0.0480. The maximum absolute atomic E-state index is 13.0. The summed E-state index contributed by atoms with van der Waals surface area (Å²) >= 11 is 0. The molecule has 0 spiro atoms. The van der Waals surface area contributed by atoms with Crippen molar-refractivity contribution in [2.45, 2.75) is 19.9 Å². The number of nitrogens with zero attached hydrogens (tertiary/aromatic N) is 4. The van der Waals surface area contributed by atoms with Crippen LogP contribution in [0.15, 0.2) is 36.8 Å². The monoisotopic (exact) mass is 312 g/mol. The van der Waals surface area contributed by atoms with Crippen molar-refractivity contribution in [1.29, 1.82) is 0 Å². The summed E-state index contributed by atoms with van der Waals surface area (Å²) in [5.41, 5.74) is 0.739.